The Morgan fingerprint density at radius 3 is 2.85 bits per heavy atom. The molecule has 13 heavy (non-hydrogen) atoms. The number of aliphatic hydroxyl groups is 1. The number of allylic oxidation sites excluding steroid dienone is 1. The zero-order valence-corrected chi connectivity index (χ0v) is 8.29. The molecule has 1 N–H and O–H groups in total. The first-order valence-corrected chi connectivity index (χ1v) is 4.79. The second kappa shape index (κ2) is 4.42. The van der Waals surface area contributed by atoms with Gasteiger partial charge in [-0.1, -0.05) is 13.0 Å². The maximum Gasteiger partial charge on any atom is 0.249 e. The Morgan fingerprint density at radius 1 is 1.69 bits per heavy atom. The van der Waals surface area contributed by atoms with E-state index >= 15 is 0 Å². The average molecular weight is 183 g/mol. The summed E-state index contributed by atoms with van der Waals surface area (Å²) >= 11 is 0. The Kier molecular flexibility index (Phi) is 3.48. The molecule has 3 heteroatoms. The van der Waals surface area contributed by atoms with Gasteiger partial charge < -0.3 is 10.0 Å². The molecule has 0 bridgehead atoms. The van der Waals surface area contributed by atoms with E-state index in [9.17, 15) is 9.90 Å². The van der Waals surface area contributed by atoms with Gasteiger partial charge in [0.1, 0.15) is 0 Å². The van der Waals surface area contributed by atoms with E-state index in [1.165, 1.54) is 0 Å². The number of likely N-dealkylation sites (tertiary alicyclic amines) is 1. The van der Waals surface area contributed by atoms with Crippen molar-refractivity contribution in [2.75, 3.05) is 13.1 Å². The van der Waals surface area contributed by atoms with Crippen LogP contribution >= 0.6 is 0 Å². The fraction of sp³-hybridized carbons (Fsp3) is 0.700. The van der Waals surface area contributed by atoms with E-state index in [1.807, 2.05) is 19.9 Å². The molecular formula is C10H17NO2. The molecule has 0 saturated carbocycles. The summed E-state index contributed by atoms with van der Waals surface area (Å²) < 4.78 is 0. The smallest absolute Gasteiger partial charge is 0.249 e. The highest BCUT2D eigenvalue weighted by Gasteiger charge is 2.24. The number of rotatable bonds is 2. The first-order valence-electron chi connectivity index (χ1n) is 4.79. The minimum atomic E-state index is -0.321. The molecule has 0 aromatic heterocycles. The van der Waals surface area contributed by atoms with Crippen LogP contribution in [-0.2, 0) is 4.79 Å². The van der Waals surface area contributed by atoms with Crippen molar-refractivity contribution < 1.29 is 9.90 Å². The van der Waals surface area contributed by atoms with Gasteiger partial charge in [-0.15, -0.1) is 0 Å². The van der Waals surface area contributed by atoms with Gasteiger partial charge in [-0.2, -0.15) is 0 Å². The van der Waals surface area contributed by atoms with Crippen LogP contribution in [0.2, 0.25) is 0 Å². The third-order valence-electron chi connectivity index (χ3n) is 2.30. The molecule has 1 rings (SSSR count). The lowest BCUT2D eigenvalue weighted by molar-refractivity contribution is -0.126. The van der Waals surface area contributed by atoms with Crippen molar-refractivity contribution in [1.29, 1.82) is 0 Å². The van der Waals surface area contributed by atoms with Crippen molar-refractivity contribution >= 4 is 5.91 Å². The predicted molar refractivity (Wildman–Crippen MR) is 51.3 cm³/mol. The van der Waals surface area contributed by atoms with Gasteiger partial charge in [0, 0.05) is 18.7 Å². The molecule has 1 aliphatic rings. The van der Waals surface area contributed by atoms with Crippen molar-refractivity contribution in [2.45, 2.75) is 32.8 Å². The molecule has 1 atom stereocenters. The second-order valence-corrected chi connectivity index (χ2v) is 3.49. The van der Waals surface area contributed by atoms with Gasteiger partial charge in [-0.05, 0) is 19.8 Å². The lowest BCUT2D eigenvalue weighted by Crippen LogP contribution is -2.30. The predicted octanol–water partition coefficient (Wildman–Crippen LogP) is 0.936. The van der Waals surface area contributed by atoms with Crippen molar-refractivity contribution in [3.05, 3.63) is 11.6 Å². The van der Waals surface area contributed by atoms with Gasteiger partial charge >= 0.3 is 0 Å². The summed E-state index contributed by atoms with van der Waals surface area (Å²) in [6.45, 7) is 5.02. The third-order valence-corrected chi connectivity index (χ3v) is 2.30. The molecule has 1 saturated heterocycles. The zero-order valence-electron chi connectivity index (χ0n) is 8.29. The number of amides is 1. The fourth-order valence-electron chi connectivity index (χ4n) is 1.57. The van der Waals surface area contributed by atoms with Crippen LogP contribution in [0.25, 0.3) is 0 Å². The fourth-order valence-corrected chi connectivity index (χ4v) is 1.57. The van der Waals surface area contributed by atoms with Crippen LogP contribution in [0.3, 0.4) is 0 Å². The van der Waals surface area contributed by atoms with Gasteiger partial charge in [0.15, 0.2) is 0 Å². The zero-order chi connectivity index (χ0) is 9.84. The number of hydrogen-bond donors (Lipinski definition) is 1. The Balaban J connectivity index is 2.53. The first kappa shape index (κ1) is 10.3. The van der Waals surface area contributed by atoms with E-state index in [-0.39, 0.29) is 12.0 Å². The Bertz CT molecular complexity index is 223. The van der Waals surface area contributed by atoms with E-state index in [2.05, 4.69) is 0 Å². The highest BCUT2D eigenvalue weighted by atomic mass is 16.3. The SMILES string of the molecule is CCC=C(C)C(=O)N1CC[C@@H](O)C1. The van der Waals surface area contributed by atoms with Crippen molar-refractivity contribution in [2.24, 2.45) is 0 Å². The third kappa shape index (κ3) is 2.56. The van der Waals surface area contributed by atoms with Crippen LogP contribution in [0.4, 0.5) is 0 Å². The molecule has 0 spiro atoms. The summed E-state index contributed by atoms with van der Waals surface area (Å²) in [6, 6.07) is 0. The molecular weight excluding hydrogens is 166 g/mol. The Hall–Kier alpha value is -0.830. The molecule has 74 valence electrons. The summed E-state index contributed by atoms with van der Waals surface area (Å²) in [5.41, 5.74) is 0.789. The standard InChI is InChI=1S/C10H17NO2/c1-3-4-8(2)10(13)11-6-5-9(12)7-11/h4,9,12H,3,5-7H2,1-2H3/t9-/m1/s1. The second-order valence-electron chi connectivity index (χ2n) is 3.49. The summed E-state index contributed by atoms with van der Waals surface area (Å²) in [5, 5.41) is 9.25. The molecule has 0 aromatic carbocycles. The maximum absolute atomic E-state index is 11.6. The van der Waals surface area contributed by atoms with Crippen LogP contribution in [-0.4, -0.2) is 35.1 Å². The maximum atomic E-state index is 11.6. The molecule has 0 aliphatic carbocycles. The molecule has 1 heterocycles. The Labute approximate surface area is 79.0 Å². The van der Waals surface area contributed by atoms with E-state index in [4.69, 9.17) is 0 Å². The number of β-amino-alcohol motifs (C(OH)–C–C–N with tert-alkyl or cyclic N) is 1. The van der Waals surface area contributed by atoms with Crippen LogP contribution in [0, 0.1) is 0 Å². The minimum Gasteiger partial charge on any atom is -0.391 e. The largest absolute Gasteiger partial charge is 0.391 e. The highest BCUT2D eigenvalue weighted by molar-refractivity contribution is 5.92. The van der Waals surface area contributed by atoms with E-state index in [0.29, 0.717) is 19.5 Å². The molecule has 0 radical (unpaired) electrons. The number of carbonyl (C=O) groups excluding carboxylic acids is 1. The topological polar surface area (TPSA) is 40.5 Å². The summed E-state index contributed by atoms with van der Waals surface area (Å²) in [6.07, 6.45) is 3.20. The molecule has 3 nitrogen and oxygen atoms in total. The van der Waals surface area contributed by atoms with Gasteiger partial charge in [0.25, 0.3) is 0 Å². The lowest BCUT2D eigenvalue weighted by atomic mass is 10.2. The van der Waals surface area contributed by atoms with Crippen molar-refractivity contribution in [3.63, 3.8) is 0 Å². The average Bonchev–Trinajstić information content (AvgIpc) is 2.51. The van der Waals surface area contributed by atoms with Crippen LogP contribution in [0.1, 0.15) is 26.7 Å². The van der Waals surface area contributed by atoms with Gasteiger partial charge in [-0.3, -0.25) is 4.79 Å². The summed E-state index contributed by atoms with van der Waals surface area (Å²) in [7, 11) is 0. The normalized spacial score (nSPS) is 23.8. The van der Waals surface area contributed by atoms with E-state index in [1.54, 1.807) is 4.90 Å². The van der Waals surface area contributed by atoms with Gasteiger partial charge in [-0.25, -0.2) is 0 Å². The Morgan fingerprint density at radius 2 is 2.38 bits per heavy atom. The van der Waals surface area contributed by atoms with Gasteiger partial charge in [0.05, 0.1) is 6.10 Å². The molecule has 1 fully saturated rings. The lowest BCUT2D eigenvalue weighted by Gasteiger charge is -2.15. The first-order chi connectivity index (χ1) is 6.15. The highest BCUT2D eigenvalue weighted by Crippen LogP contribution is 2.12. The van der Waals surface area contributed by atoms with Crippen LogP contribution in [0.5, 0.6) is 0 Å². The van der Waals surface area contributed by atoms with Gasteiger partial charge in [0.2, 0.25) is 5.91 Å². The number of nitrogens with zero attached hydrogens (tertiary/aromatic N) is 1. The number of aliphatic hydroxyl groups excluding tert-OH is 1. The van der Waals surface area contributed by atoms with E-state index in [0.717, 1.165) is 12.0 Å². The van der Waals surface area contributed by atoms with Crippen molar-refractivity contribution in [1.82, 2.24) is 4.90 Å². The van der Waals surface area contributed by atoms with Crippen LogP contribution in [0.15, 0.2) is 11.6 Å². The molecule has 0 unspecified atom stereocenters. The molecule has 1 aliphatic heterocycles. The monoisotopic (exact) mass is 183 g/mol. The molecule has 0 aromatic rings. The number of hydrogen-bond acceptors (Lipinski definition) is 2. The van der Waals surface area contributed by atoms with E-state index < -0.39 is 0 Å². The van der Waals surface area contributed by atoms with Crippen LogP contribution < -0.4 is 0 Å². The summed E-state index contributed by atoms with van der Waals surface area (Å²) in [5.74, 6) is 0.0680. The minimum absolute atomic E-state index is 0.0680. The molecule has 1 amide bonds. The number of carbonyl (C=O) groups is 1. The van der Waals surface area contributed by atoms with Crippen molar-refractivity contribution in [3.8, 4) is 0 Å². The quantitative estimate of drug-likeness (QED) is 0.647. The summed E-state index contributed by atoms with van der Waals surface area (Å²) in [4.78, 5) is 13.3.